The molecule has 0 spiro atoms. The zero-order valence-corrected chi connectivity index (χ0v) is 12.3. The number of nitrogens with one attached hydrogen (secondary N) is 1. The number of esters is 1. The summed E-state index contributed by atoms with van der Waals surface area (Å²) >= 11 is 2.03. The van der Waals surface area contributed by atoms with Crippen molar-refractivity contribution in [3.05, 3.63) is 17.5 Å². The van der Waals surface area contributed by atoms with Gasteiger partial charge in [-0.25, -0.2) is 4.79 Å². The summed E-state index contributed by atoms with van der Waals surface area (Å²) in [6.07, 6.45) is 4.18. The lowest BCUT2D eigenvalue weighted by Crippen LogP contribution is -2.25. The first-order chi connectivity index (χ1) is 9.22. The molecule has 1 aromatic heterocycles. The lowest BCUT2D eigenvalue weighted by atomic mass is 10.2. The Morgan fingerprint density at radius 3 is 3.21 bits per heavy atom. The van der Waals surface area contributed by atoms with Gasteiger partial charge in [0, 0.05) is 25.4 Å². The van der Waals surface area contributed by atoms with Gasteiger partial charge in [0.2, 0.25) is 0 Å². The van der Waals surface area contributed by atoms with Gasteiger partial charge in [0.1, 0.15) is 5.56 Å². The number of nitrogens with zero attached hydrogens (tertiary/aromatic N) is 2. The van der Waals surface area contributed by atoms with Gasteiger partial charge in [-0.15, -0.1) is 0 Å². The topological polar surface area (TPSA) is 56.1 Å². The quantitative estimate of drug-likeness (QED) is 0.803. The molecule has 6 heteroatoms. The normalized spacial score (nSPS) is 18.7. The van der Waals surface area contributed by atoms with Crippen molar-refractivity contribution in [2.45, 2.75) is 31.6 Å². The van der Waals surface area contributed by atoms with E-state index >= 15 is 0 Å². The second kappa shape index (κ2) is 6.96. The summed E-state index contributed by atoms with van der Waals surface area (Å²) < 4.78 is 6.77. The maximum atomic E-state index is 11.8. The molecule has 0 bridgehead atoms. The summed E-state index contributed by atoms with van der Waals surface area (Å²) in [4.78, 5) is 11.8. The van der Waals surface area contributed by atoms with Gasteiger partial charge in [0.05, 0.1) is 18.5 Å². The molecular formula is C13H21N3O2S. The maximum absolute atomic E-state index is 11.8. The average molecular weight is 283 g/mol. The van der Waals surface area contributed by atoms with Crippen LogP contribution < -0.4 is 5.32 Å². The molecule has 1 N–H and O–H groups in total. The molecule has 1 aliphatic rings. The fraction of sp³-hybridized carbons (Fsp3) is 0.692. The Labute approximate surface area is 118 Å². The third-order valence-corrected chi connectivity index (χ3v) is 4.64. The number of carbonyl (C=O) groups excluding carboxylic acids is 1. The van der Waals surface area contributed by atoms with E-state index in [9.17, 15) is 4.79 Å². The third-order valence-electron chi connectivity index (χ3n) is 3.25. The Kier molecular flexibility index (Phi) is 5.27. The second-order valence-corrected chi connectivity index (χ2v) is 6.02. The van der Waals surface area contributed by atoms with Gasteiger partial charge < -0.3 is 10.1 Å². The van der Waals surface area contributed by atoms with Crippen LogP contribution in [-0.4, -0.2) is 39.9 Å². The van der Waals surface area contributed by atoms with Crippen molar-refractivity contribution < 1.29 is 9.53 Å². The van der Waals surface area contributed by atoms with E-state index in [2.05, 4.69) is 10.4 Å². The third kappa shape index (κ3) is 3.73. The number of rotatable bonds is 6. The summed E-state index contributed by atoms with van der Waals surface area (Å²) in [5.74, 6) is 0.981. The van der Waals surface area contributed by atoms with Gasteiger partial charge in [0.25, 0.3) is 0 Å². The highest BCUT2D eigenvalue weighted by molar-refractivity contribution is 8.00. The molecule has 0 aliphatic carbocycles. The zero-order valence-electron chi connectivity index (χ0n) is 11.5. The summed E-state index contributed by atoms with van der Waals surface area (Å²) in [5, 5.41) is 8.27. The molecular weight excluding hydrogens is 262 g/mol. The summed E-state index contributed by atoms with van der Waals surface area (Å²) in [7, 11) is 1.85. The monoisotopic (exact) mass is 283 g/mol. The number of hydrogen-bond acceptors (Lipinski definition) is 5. The molecule has 19 heavy (non-hydrogen) atoms. The van der Waals surface area contributed by atoms with E-state index in [-0.39, 0.29) is 5.97 Å². The Balaban J connectivity index is 1.91. The summed E-state index contributed by atoms with van der Waals surface area (Å²) in [6.45, 7) is 3.84. The fourth-order valence-electron chi connectivity index (χ4n) is 2.21. The smallest absolute Gasteiger partial charge is 0.341 e. The van der Waals surface area contributed by atoms with Gasteiger partial charge >= 0.3 is 5.97 Å². The summed E-state index contributed by atoms with van der Waals surface area (Å²) in [6, 6.07) is 0. The van der Waals surface area contributed by atoms with Gasteiger partial charge in [-0.05, 0) is 25.5 Å². The number of ether oxygens (including phenoxy) is 1. The van der Waals surface area contributed by atoms with Crippen molar-refractivity contribution in [3.8, 4) is 0 Å². The van der Waals surface area contributed by atoms with Crippen molar-refractivity contribution in [1.29, 1.82) is 0 Å². The predicted octanol–water partition coefficient (Wildman–Crippen LogP) is 1.58. The highest BCUT2D eigenvalue weighted by Gasteiger charge is 2.18. The molecule has 1 fully saturated rings. The van der Waals surface area contributed by atoms with Gasteiger partial charge in [0.15, 0.2) is 0 Å². The van der Waals surface area contributed by atoms with Crippen LogP contribution in [0.4, 0.5) is 0 Å². The molecule has 1 aromatic rings. The van der Waals surface area contributed by atoms with Gasteiger partial charge in [-0.3, -0.25) is 4.68 Å². The van der Waals surface area contributed by atoms with Crippen LogP contribution in [0, 0.1) is 0 Å². The number of thioether (sulfide) groups is 1. The second-order valence-electron chi connectivity index (χ2n) is 4.61. The first kappa shape index (κ1) is 14.4. The van der Waals surface area contributed by atoms with Crippen LogP contribution in [0.1, 0.15) is 35.8 Å². The molecule has 106 valence electrons. The van der Waals surface area contributed by atoms with Gasteiger partial charge in [-0.2, -0.15) is 16.9 Å². The Bertz CT molecular complexity index is 428. The van der Waals surface area contributed by atoms with Crippen molar-refractivity contribution >= 4 is 17.7 Å². The minimum atomic E-state index is -0.289. The number of carbonyl (C=O) groups is 1. The standard InChI is InChI=1S/C13H21N3O2S/c1-3-18-13(17)11-8-15-16(2)12(11)9-14-7-10-5-4-6-19-10/h8,10,14H,3-7,9H2,1-2H3. The molecule has 1 aliphatic heterocycles. The number of aromatic nitrogens is 2. The SMILES string of the molecule is CCOC(=O)c1cnn(C)c1CNCC1CCCS1. The number of aryl methyl sites for hydroxylation is 1. The lowest BCUT2D eigenvalue weighted by Gasteiger charge is -2.11. The van der Waals surface area contributed by atoms with Crippen LogP contribution in [0.5, 0.6) is 0 Å². The average Bonchev–Trinajstić information content (AvgIpc) is 3.01. The van der Waals surface area contributed by atoms with Crippen LogP contribution in [0.25, 0.3) is 0 Å². The Morgan fingerprint density at radius 2 is 2.53 bits per heavy atom. The molecule has 1 atom stereocenters. The Morgan fingerprint density at radius 1 is 1.68 bits per heavy atom. The zero-order chi connectivity index (χ0) is 13.7. The molecule has 1 saturated heterocycles. The summed E-state index contributed by atoms with van der Waals surface area (Å²) in [5.41, 5.74) is 1.46. The molecule has 0 radical (unpaired) electrons. The van der Waals surface area contributed by atoms with Crippen molar-refractivity contribution in [3.63, 3.8) is 0 Å². The van der Waals surface area contributed by atoms with Crippen molar-refractivity contribution in [2.24, 2.45) is 7.05 Å². The Hall–Kier alpha value is -1.01. The first-order valence-electron chi connectivity index (χ1n) is 6.72. The molecule has 1 unspecified atom stereocenters. The first-order valence-corrected chi connectivity index (χ1v) is 7.77. The van der Waals surface area contributed by atoms with Crippen molar-refractivity contribution in [1.82, 2.24) is 15.1 Å². The van der Waals surface area contributed by atoms with E-state index in [1.54, 1.807) is 10.9 Å². The van der Waals surface area contributed by atoms with E-state index in [1.807, 2.05) is 25.7 Å². The molecule has 5 nitrogen and oxygen atoms in total. The van der Waals surface area contributed by atoms with Crippen LogP contribution in [0.15, 0.2) is 6.20 Å². The predicted molar refractivity (Wildman–Crippen MR) is 76.4 cm³/mol. The highest BCUT2D eigenvalue weighted by Crippen LogP contribution is 2.25. The van der Waals surface area contributed by atoms with Crippen LogP contribution in [0.3, 0.4) is 0 Å². The largest absolute Gasteiger partial charge is 0.462 e. The highest BCUT2D eigenvalue weighted by atomic mass is 32.2. The van der Waals surface area contributed by atoms with E-state index in [1.165, 1.54) is 18.6 Å². The maximum Gasteiger partial charge on any atom is 0.341 e. The molecule has 0 aromatic carbocycles. The van der Waals surface area contributed by atoms with E-state index in [0.717, 1.165) is 12.2 Å². The minimum absolute atomic E-state index is 0.289. The van der Waals surface area contributed by atoms with E-state index in [0.29, 0.717) is 24.0 Å². The number of hydrogen-bond donors (Lipinski definition) is 1. The van der Waals surface area contributed by atoms with Crippen molar-refractivity contribution in [2.75, 3.05) is 18.9 Å². The molecule has 2 rings (SSSR count). The van der Waals surface area contributed by atoms with E-state index in [4.69, 9.17) is 4.74 Å². The minimum Gasteiger partial charge on any atom is -0.462 e. The van der Waals surface area contributed by atoms with E-state index < -0.39 is 0 Å². The van der Waals surface area contributed by atoms with Crippen LogP contribution in [-0.2, 0) is 18.3 Å². The lowest BCUT2D eigenvalue weighted by molar-refractivity contribution is 0.0524. The fourth-order valence-corrected chi connectivity index (χ4v) is 3.44. The molecule has 0 amide bonds. The molecule has 0 saturated carbocycles. The van der Waals surface area contributed by atoms with Crippen LogP contribution in [0.2, 0.25) is 0 Å². The van der Waals surface area contributed by atoms with Gasteiger partial charge in [-0.1, -0.05) is 0 Å². The molecule has 2 heterocycles. The van der Waals surface area contributed by atoms with Crippen LogP contribution >= 0.6 is 11.8 Å².